The van der Waals surface area contributed by atoms with E-state index in [2.05, 4.69) is 30.1 Å². The lowest BCUT2D eigenvalue weighted by atomic mass is 9.92. The molecule has 1 amide bonds. The SMILES string of the molecule is CCOC(=O)COc1cccc(CCN2CCC(C(=O)N[C@@H](c3ccc(F)cc3)C(C)C)CC2)c1. The number of hydrogen-bond acceptors (Lipinski definition) is 5. The van der Waals surface area contributed by atoms with E-state index in [1.165, 1.54) is 12.1 Å². The van der Waals surface area contributed by atoms with E-state index in [0.29, 0.717) is 12.4 Å². The van der Waals surface area contributed by atoms with Crippen molar-refractivity contribution in [3.05, 3.63) is 65.5 Å². The summed E-state index contributed by atoms with van der Waals surface area (Å²) in [6, 6.07) is 14.0. The third-order valence-electron chi connectivity index (χ3n) is 6.43. The standard InChI is InChI=1S/C28H37FN2O4/c1-4-34-26(32)19-35-25-7-5-6-21(18-25)12-15-31-16-13-23(14-17-31)28(33)30-27(20(2)3)22-8-10-24(29)11-9-22/h5-11,18,20,23,27H,4,12-17,19H2,1-3H3,(H,30,33)/t27-/m1/s1. The highest BCUT2D eigenvalue weighted by atomic mass is 19.1. The summed E-state index contributed by atoms with van der Waals surface area (Å²) in [4.78, 5) is 26.8. The first-order valence-electron chi connectivity index (χ1n) is 12.5. The lowest BCUT2D eigenvalue weighted by Crippen LogP contribution is -2.42. The Morgan fingerprint density at radius 2 is 1.83 bits per heavy atom. The molecule has 3 rings (SSSR count). The van der Waals surface area contributed by atoms with E-state index in [-0.39, 0.29) is 42.2 Å². The molecule has 1 atom stereocenters. The van der Waals surface area contributed by atoms with Crippen LogP contribution in [0.4, 0.5) is 4.39 Å². The van der Waals surface area contributed by atoms with Crippen molar-refractivity contribution in [2.45, 2.75) is 46.1 Å². The molecule has 190 valence electrons. The lowest BCUT2D eigenvalue weighted by molar-refractivity contribution is -0.145. The van der Waals surface area contributed by atoms with Crippen molar-refractivity contribution in [1.29, 1.82) is 0 Å². The number of benzene rings is 2. The van der Waals surface area contributed by atoms with Crippen LogP contribution < -0.4 is 10.1 Å². The molecule has 35 heavy (non-hydrogen) atoms. The number of ether oxygens (including phenoxy) is 2. The molecule has 0 radical (unpaired) electrons. The number of hydrogen-bond donors (Lipinski definition) is 1. The molecular weight excluding hydrogens is 447 g/mol. The molecule has 0 aromatic heterocycles. The largest absolute Gasteiger partial charge is 0.482 e. The Bertz CT molecular complexity index is 956. The van der Waals surface area contributed by atoms with Crippen LogP contribution in [0, 0.1) is 17.7 Å². The Morgan fingerprint density at radius 3 is 2.49 bits per heavy atom. The van der Waals surface area contributed by atoms with Crippen LogP contribution in [-0.2, 0) is 20.7 Å². The second kappa shape index (κ2) is 13.2. The third kappa shape index (κ3) is 8.35. The van der Waals surface area contributed by atoms with E-state index in [9.17, 15) is 14.0 Å². The number of rotatable bonds is 11. The molecule has 0 unspecified atom stereocenters. The van der Waals surface area contributed by atoms with Gasteiger partial charge in [0, 0.05) is 12.5 Å². The molecule has 0 spiro atoms. The van der Waals surface area contributed by atoms with Crippen molar-refractivity contribution in [1.82, 2.24) is 10.2 Å². The van der Waals surface area contributed by atoms with Crippen LogP contribution in [0.25, 0.3) is 0 Å². The monoisotopic (exact) mass is 484 g/mol. The molecule has 6 nitrogen and oxygen atoms in total. The predicted molar refractivity (Wildman–Crippen MR) is 134 cm³/mol. The summed E-state index contributed by atoms with van der Waals surface area (Å²) in [6.45, 7) is 8.80. The van der Waals surface area contributed by atoms with Crippen LogP contribution in [0.3, 0.4) is 0 Å². The minimum Gasteiger partial charge on any atom is -0.482 e. The van der Waals surface area contributed by atoms with Gasteiger partial charge in [-0.25, -0.2) is 9.18 Å². The molecule has 1 fully saturated rings. The van der Waals surface area contributed by atoms with Crippen molar-refractivity contribution in [3.63, 3.8) is 0 Å². The molecule has 7 heteroatoms. The van der Waals surface area contributed by atoms with Gasteiger partial charge in [0.25, 0.3) is 0 Å². The number of esters is 1. The normalized spacial score (nSPS) is 15.6. The first-order chi connectivity index (χ1) is 16.9. The van der Waals surface area contributed by atoms with Crippen LogP contribution >= 0.6 is 0 Å². The van der Waals surface area contributed by atoms with Gasteiger partial charge in [0.15, 0.2) is 6.61 Å². The van der Waals surface area contributed by atoms with Gasteiger partial charge in [0.1, 0.15) is 11.6 Å². The summed E-state index contributed by atoms with van der Waals surface area (Å²) >= 11 is 0. The fourth-order valence-electron chi connectivity index (χ4n) is 4.42. The summed E-state index contributed by atoms with van der Waals surface area (Å²) < 4.78 is 23.7. The number of carbonyl (C=O) groups is 2. The highest BCUT2D eigenvalue weighted by Crippen LogP contribution is 2.25. The van der Waals surface area contributed by atoms with E-state index < -0.39 is 0 Å². The summed E-state index contributed by atoms with van der Waals surface area (Å²) in [5.41, 5.74) is 2.07. The molecule has 1 aliphatic heterocycles. The van der Waals surface area contributed by atoms with Crippen molar-refractivity contribution < 1.29 is 23.5 Å². The van der Waals surface area contributed by atoms with Crippen LogP contribution in [0.1, 0.15) is 50.8 Å². The van der Waals surface area contributed by atoms with Gasteiger partial charge in [-0.15, -0.1) is 0 Å². The number of likely N-dealkylation sites (tertiary alicyclic amines) is 1. The van der Waals surface area contributed by atoms with E-state index >= 15 is 0 Å². The number of nitrogens with one attached hydrogen (secondary N) is 1. The summed E-state index contributed by atoms with van der Waals surface area (Å²) in [5.74, 6) is 0.299. The fourth-order valence-corrected chi connectivity index (χ4v) is 4.42. The summed E-state index contributed by atoms with van der Waals surface area (Å²) in [7, 11) is 0. The van der Waals surface area contributed by atoms with Gasteiger partial charge in [-0.05, 0) is 80.6 Å². The molecule has 1 aliphatic rings. The molecule has 1 N–H and O–H groups in total. The zero-order chi connectivity index (χ0) is 25.2. The van der Waals surface area contributed by atoms with Crippen molar-refractivity contribution in [2.75, 3.05) is 32.8 Å². The maximum atomic E-state index is 13.3. The maximum absolute atomic E-state index is 13.3. The number of amides is 1. The van der Waals surface area contributed by atoms with Crippen molar-refractivity contribution >= 4 is 11.9 Å². The Morgan fingerprint density at radius 1 is 1.11 bits per heavy atom. The molecular formula is C28H37FN2O4. The smallest absolute Gasteiger partial charge is 0.344 e. The second-order valence-corrected chi connectivity index (χ2v) is 9.39. The zero-order valence-electron chi connectivity index (χ0n) is 21.0. The van der Waals surface area contributed by atoms with Gasteiger partial charge in [-0.3, -0.25) is 4.79 Å². The van der Waals surface area contributed by atoms with Crippen LogP contribution in [0.15, 0.2) is 48.5 Å². The molecule has 0 bridgehead atoms. The lowest BCUT2D eigenvalue weighted by Gasteiger charge is -2.33. The molecule has 1 saturated heterocycles. The zero-order valence-corrected chi connectivity index (χ0v) is 21.0. The minimum atomic E-state index is -0.373. The highest BCUT2D eigenvalue weighted by molar-refractivity contribution is 5.79. The van der Waals surface area contributed by atoms with Crippen LogP contribution in [0.5, 0.6) is 5.75 Å². The molecule has 2 aromatic carbocycles. The average Bonchev–Trinajstić information content (AvgIpc) is 2.86. The first-order valence-corrected chi connectivity index (χ1v) is 12.5. The van der Waals surface area contributed by atoms with Gasteiger partial charge in [-0.1, -0.05) is 38.1 Å². The van der Waals surface area contributed by atoms with E-state index in [4.69, 9.17) is 9.47 Å². The maximum Gasteiger partial charge on any atom is 0.344 e. The molecule has 2 aromatic rings. The number of nitrogens with zero attached hydrogens (tertiary/aromatic N) is 1. The topological polar surface area (TPSA) is 67.9 Å². The molecule has 0 aliphatic carbocycles. The predicted octanol–water partition coefficient (Wildman–Crippen LogP) is 4.54. The quantitative estimate of drug-likeness (QED) is 0.475. The van der Waals surface area contributed by atoms with E-state index in [1.807, 2.05) is 18.2 Å². The Hall–Kier alpha value is -2.93. The number of piperidine rings is 1. The van der Waals surface area contributed by atoms with Gasteiger partial charge in [0.05, 0.1) is 12.6 Å². The fraction of sp³-hybridized carbons (Fsp3) is 0.500. The Balaban J connectivity index is 1.44. The molecule has 0 saturated carbocycles. The first kappa shape index (κ1) is 26.7. The van der Waals surface area contributed by atoms with Crippen molar-refractivity contribution in [3.8, 4) is 5.75 Å². The summed E-state index contributed by atoms with van der Waals surface area (Å²) in [5, 5.41) is 3.20. The van der Waals surface area contributed by atoms with Crippen molar-refractivity contribution in [2.24, 2.45) is 11.8 Å². The number of carbonyl (C=O) groups excluding carboxylic acids is 2. The highest BCUT2D eigenvalue weighted by Gasteiger charge is 2.27. The van der Waals surface area contributed by atoms with E-state index in [1.54, 1.807) is 19.1 Å². The summed E-state index contributed by atoms with van der Waals surface area (Å²) in [6.07, 6.45) is 2.51. The minimum absolute atomic E-state index is 0.00690. The third-order valence-corrected chi connectivity index (χ3v) is 6.43. The Kier molecular flexibility index (Phi) is 10.1. The number of halogens is 1. The van der Waals surface area contributed by atoms with Gasteiger partial charge in [0.2, 0.25) is 5.91 Å². The van der Waals surface area contributed by atoms with Crippen LogP contribution in [-0.4, -0.2) is 49.6 Å². The van der Waals surface area contributed by atoms with Gasteiger partial charge >= 0.3 is 5.97 Å². The Labute approximate surface area is 207 Å². The van der Waals surface area contributed by atoms with Gasteiger partial charge in [-0.2, -0.15) is 0 Å². The average molecular weight is 485 g/mol. The van der Waals surface area contributed by atoms with Crippen LogP contribution in [0.2, 0.25) is 0 Å². The van der Waals surface area contributed by atoms with Gasteiger partial charge < -0.3 is 19.7 Å². The molecule has 1 heterocycles. The van der Waals surface area contributed by atoms with E-state index in [0.717, 1.165) is 50.0 Å². The second-order valence-electron chi connectivity index (χ2n) is 9.39.